The van der Waals surface area contributed by atoms with Crippen LogP contribution >= 0.6 is 11.3 Å². The molecule has 0 aromatic carbocycles. The van der Waals surface area contributed by atoms with Gasteiger partial charge in [0.25, 0.3) is 0 Å². The van der Waals surface area contributed by atoms with Crippen LogP contribution in [0.3, 0.4) is 0 Å². The first-order valence-corrected chi connectivity index (χ1v) is 9.28. The Labute approximate surface area is 143 Å². The maximum absolute atomic E-state index is 12.3. The first kappa shape index (κ1) is 18.4. The normalized spacial score (nSPS) is 19.7. The summed E-state index contributed by atoms with van der Waals surface area (Å²) in [5.74, 6) is 0.0813. The summed E-state index contributed by atoms with van der Waals surface area (Å²) in [6.45, 7) is 14.6. The van der Waals surface area contributed by atoms with E-state index in [1.807, 2.05) is 18.7 Å². The molecule has 0 bridgehead atoms. The number of aromatic nitrogens is 1. The SMILES string of the molecule is CC(N)C(C)C(=O)N1CCN(Cc2csc(C(C)(C)C)n2)CC1. The predicted molar refractivity (Wildman–Crippen MR) is 95.5 cm³/mol. The molecule has 1 saturated heterocycles. The van der Waals surface area contributed by atoms with Crippen molar-refractivity contribution in [3.63, 3.8) is 0 Å². The third-order valence-electron chi connectivity index (χ3n) is 4.44. The summed E-state index contributed by atoms with van der Waals surface area (Å²) in [6, 6.07) is -0.0913. The largest absolute Gasteiger partial charge is 0.340 e. The minimum Gasteiger partial charge on any atom is -0.340 e. The Morgan fingerprint density at radius 1 is 1.30 bits per heavy atom. The predicted octanol–water partition coefficient (Wildman–Crippen LogP) is 2.07. The molecule has 1 fully saturated rings. The number of rotatable bonds is 4. The van der Waals surface area contributed by atoms with Crippen LogP contribution in [0.4, 0.5) is 0 Å². The zero-order chi connectivity index (χ0) is 17.2. The lowest BCUT2D eigenvalue weighted by atomic mass is 9.98. The van der Waals surface area contributed by atoms with Crippen LogP contribution in [-0.2, 0) is 16.8 Å². The van der Waals surface area contributed by atoms with Crippen molar-refractivity contribution >= 4 is 17.2 Å². The second-order valence-electron chi connectivity index (χ2n) is 7.64. The van der Waals surface area contributed by atoms with E-state index >= 15 is 0 Å². The van der Waals surface area contributed by atoms with Crippen LogP contribution < -0.4 is 5.73 Å². The number of nitrogens with two attached hydrogens (primary N) is 1. The van der Waals surface area contributed by atoms with Crippen molar-refractivity contribution in [2.45, 2.75) is 52.6 Å². The minimum atomic E-state index is -0.102. The molecular weight excluding hydrogens is 308 g/mol. The molecule has 6 heteroatoms. The van der Waals surface area contributed by atoms with E-state index in [0.29, 0.717) is 0 Å². The van der Waals surface area contributed by atoms with Crippen molar-refractivity contribution in [3.8, 4) is 0 Å². The molecule has 130 valence electrons. The van der Waals surface area contributed by atoms with Gasteiger partial charge in [0.1, 0.15) is 0 Å². The highest BCUT2D eigenvalue weighted by atomic mass is 32.1. The number of piperazine rings is 1. The van der Waals surface area contributed by atoms with E-state index in [1.54, 1.807) is 11.3 Å². The quantitative estimate of drug-likeness (QED) is 0.913. The number of nitrogens with zero attached hydrogens (tertiary/aromatic N) is 3. The lowest BCUT2D eigenvalue weighted by Crippen LogP contribution is -2.51. The summed E-state index contributed by atoms with van der Waals surface area (Å²) < 4.78 is 0. The van der Waals surface area contributed by atoms with Crippen LogP contribution in [0.2, 0.25) is 0 Å². The molecule has 2 atom stereocenters. The Bertz CT molecular complexity index is 527. The number of thiazole rings is 1. The Balaban J connectivity index is 1.85. The molecule has 1 aliphatic heterocycles. The molecule has 2 rings (SSSR count). The van der Waals surface area contributed by atoms with Gasteiger partial charge in [-0.15, -0.1) is 11.3 Å². The Kier molecular flexibility index (Phi) is 5.81. The number of carbonyl (C=O) groups is 1. The van der Waals surface area contributed by atoms with Gasteiger partial charge in [-0.3, -0.25) is 9.69 Å². The van der Waals surface area contributed by atoms with Crippen molar-refractivity contribution in [1.29, 1.82) is 0 Å². The number of hydrogen-bond donors (Lipinski definition) is 1. The van der Waals surface area contributed by atoms with E-state index in [4.69, 9.17) is 10.7 Å². The van der Waals surface area contributed by atoms with Crippen LogP contribution in [0, 0.1) is 5.92 Å². The summed E-state index contributed by atoms with van der Waals surface area (Å²) >= 11 is 1.74. The molecule has 1 aromatic heterocycles. The average molecular weight is 339 g/mol. The number of amides is 1. The van der Waals surface area contributed by atoms with Gasteiger partial charge < -0.3 is 10.6 Å². The van der Waals surface area contributed by atoms with E-state index in [2.05, 4.69) is 31.1 Å². The smallest absolute Gasteiger partial charge is 0.227 e. The van der Waals surface area contributed by atoms with Gasteiger partial charge in [0.15, 0.2) is 0 Å². The van der Waals surface area contributed by atoms with Crippen molar-refractivity contribution in [3.05, 3.63) is 16.1 Å². The highest BCUT2D eigenvalue weighted by molar-refractivity contribution is 7.09. The fraction of sp³-hybridized carbons (Fsp3) is 0.765. The monoisotopic (exact) mass is 338 g/mol. The van der Waals surface area contributed by atoms with E-state index in [0.717, 1.165) is 38.4 Å². The lowest BCUT2D eigenvalue weighted by molar-refractivity contribution is -0.137. The van der Waals surface area contributed by atoms with Gasteiger partial charge in [0.05, 0.1) is 16.6 Å². The average Bonchev–Trinajstić information content (AvgIpc) is 2.95. The molecule has 23 heavy (non-hydrogen) atoms. The molecule has 5 nitrogen and oxygen atoms in total. The standard InChI is InChI=1S/C17H30N4OS/c1-12(13(2)18)15(22)21-8-6-20(7-9-21)10-14-11-23-16(19-14)17(3,4)5/h11-13H,6-10,18H2,1-5H3. The topological polar surface area (TPSA) is 62.5 Å². The Hall–Kier alpha value is -0.980. The van der Waals surface area contributed by atoms with E-state index < -0.39 is 0 Å². The number of carbonyl (C=O) groups excluding carboxylic acids is 1. The Morgan fingerprint density at radius 2 is 1.91 bits per heavy atom. The summed E-state index contributed by atoms with van der Waals surface area (Å²) in [6.07, 6.45) is 0. The zero-order valence-corrected chi connectivity index (χ0v) is 15.8. The molecule has 2 N–H and O–H groups in total. The number of hydrogen-bond acceptors (Lipinski definition) is 5. The molecule has 1 amide bonds. The molecule has 2 unspecified atom stereocenters. The lowest BCUT2D eigenvalue weighted by Gasteiger charge is -2.36. The zero-order valence-electron chi connectivity index (χ0n) is 15.0. The van der Waals surface area contributed by atoms with Gasteiger partial charge in [0, 0.05) is 49.6 Å². The van der Waals surface area contributed by atoms with E-state index in [9.17, 15) is 4.79 Å². The van der Waals surface area contributed by atoms with Crippen LogP contribution in [-0.4, -0.2) is 52.9 Å². The molecule has 1 aliphatic rings. The Morgan fingerprint density at radius 3 is 2.39 bits per heavy atom. The summed E-state index contributed by atoms with van der Waals surface area (Å²) in [5, 5.41) is 3.35. The fourth-order valence-electron chi connectivity index (χ4n) is 2.59. The van der Waals surface area contributed by atoms with Gasteiger partial charge >= 0.3 is 0 Å². The summed E-state index contributed by atoms with van der Waals surface area (Å²) in [7, 11) is 0. The van der Waals surface area contributed by atoms with Gasteiger partial charge in [-0.2, -0.15) is 0 Å². The van der Waals surface area contributed by atoms with Gasteiger partial charge in [0.2, 0.25) is 5.91 Å². The maximum Gasteiger partial charge on any atom is 0.227 e. The van der Waals surface area contributed by atoms with Crippen molar-refractivity contribution < 1.29 is 4.79 Å². The first-order valence-electron chi connectivity index (χ1n) is 8.40. The molecule has 0 saturated carbocycles. The third-order valence-corrected chi connectivity index (χ3v) is 5.76. The van der Waals surface area contributed by atoms with Crippen molar-refractivity contribution in [2.24, 2.45) is 11.7 Å². The summed E-state index contributed by atoms with van der Waals surface area (Å²) in [5.41, 5.74) is 7.10. The van der Waals surface area contributed by atoms with E-state index in [-0.39, 0.29) is 23.3 Å². The van der Waals surface area contributed by atoms with Crippen molar-refractivity contribution in [1.82, 2.24) is 14.8 Å². The molecular formula is C17H30N4OS. The minimum absolute atomic E-state index is 0.0913. The third kappa shape index (κ3) is 4.75. The van der Waals surface area contributed by atoms with Crippen LogP contribution in [0.1, 0.15) is 45.3 Å². The van der Waals surface area contributed by atoms with Gasteiger partial charge in [-0.05, 0) is 6.92 Å². The first-order chi connectivity index (χ1) is 10.7. The van der Waals surface area contributed by atoms with Crippen LogP contribution in [0.5, 0.6) is 0 Å². The second-order valence-corrected chi connectivity index (χ2v) is 8.50. The second kappa shape index (κ2) is 7.28. The highest BCUT2D eigenvalue weighted by Crippen LogP contribution is 2.26. The van der Waals surface area contributed by atoms with Gasteiger partial charge in [-0.25, -0.2) is 4.98 Å². The van der Waals surface area contributed by atoms with Crippen LogP contribution in [0.15, 0.2) is 5.38 Å². The van der Waals surface area contributed by atoms with E-state index in [1.165, 1.54) is 5.01 Å². The molecule has 1 aromatic rings. The highest BCUT2D eigenvalue weighted by Gasteiger charge is 2.27. The van der Waals surface area contributed by atoms with Crippen molar-refractivity contribution in [2.75, 3.05) is 26.2 Å². The van der Waals surface area contributed by atoms with Crippen LogP contribution in [0.25, 0.3) is 0 Å². The fourth-order valence-corrected chi connectivity index (χ4v) is 3.49. The molecule has 0 radical (unpaired) electrons. The maximum atomic E-state index is 12.3. The molecule has 0 spiro atoms. The molecule has 0 aliphatic carbocycles. The summed E-state index contributed by atoms with van der Waals surface area (Å²) in [4.78, 5) is 21.4. The molecule has 2 heterocycles. The van der Waals surface area contributed by atoms with Gasteiger partial charge in [-0.1, -0.05) is 27.7 Å².